The van der Waals surface area contributed by atoms with Crippen molar-refractivity contribution in [3.05, 3.63) is 59.7 Å². The summed E-state index contributed by atoms with van der Waals surface area (Å²) < 4.78 is 5.74. The Labute approximate surface area is 204 Å². The molecule has 2 aromatic rings. The zero-order chi connectivity index (χ0) is 24.2. The second-order valence-corrected chi connectivity index (χ2v) is 10.5. The summed E-state index contributed by atoms with van der Waals surface area (Å²) in [4.78, 5) is 40.7. The van der Waals surface area contributed by atoms with E-state index >= 15 is 0 Å². The van der Waals surface area contributed by atoms with Gasteiger partial charge in [0.15, 0.2) is 0 Å². The van der Waals surface area contributed by atoms with Gasteiger partial charge in [-0.15, -0.1) is 0 Å². The zero-order valence-corrected chi connectivity index (χ0v) is 19.7. The van der Waals surface area contributed by atoms with Gasteiger partial charge in [0.2, 0.25) is 5.91 Å². The van der Waals surface area contributed by atoms with Crippen molar-refractivity contribution in [2.75, 3.05) is 6.61 Å². The molecule has 2 aromatic carbocycles. The van der Waals surface area contributed by atoms with Crippen molar-refractivity contribution < 1.29 is 24.2 Å². The molecule has 2 amide bonds. The quantitative estimate of drug-likeness (QED) is 0.668. The van der Waals surface area contributed by atoms with Crippen LogP contribution in [0.15, 0.2) is 48.5 Å². The van der Waals surface area contributed by atoms with E-state index in [4.69, 9.17) is 4.74 Å². The minimum absolute atomic E-state index is 0.0552. The molecule has 182 valence electrons. The second-order valence-electron chi connectivity index (χ2n) is 10.5. The van der Waals surface area contributed by atoms with Gasteiger partial charge in [-0.2, -0.15) is 0 Å². The Morgan fingerprint density at radius 2 is 1.49 bits per heavy atom. The number of aliphatic carboxylic acids is 1. The van der Waals surface area contributed by atoms with E-state index in [0.717, 1.165) is 35.1 Å². The van der Waals surface area contributed by atoms with Gasteiger partial charge in [-0.1, -0.05) is 61.4 Å². The largest absolute Gasteiger partial charge is 0.479 e. The summed E-state index contributed by atoms with van der Waals surface area (Å²) in [6.07, 6.45) is 4.42. The number of fused-ring (bicyclic) bond motifs is 5. The first-order valence-corrected chi connectivity index (χ1v) is 12.7. The summed E-state index contributed by atoms with van der Waals surface area (Å²) in [7, 11) is 0. The molecule has 6 rings (SSSR count). The number of carboxylic acids is 1. The highest BCUT2D eigenvalue weighted by Crippen LogP contribution is 2.49. The average Bonchev–Trinajstić information content (AvgIpc) is 3.64. The van der Waals surface area contributed by atoms with Crippen molar-refractivity contribution in [3.8, 4) is 11.1 Å². The van der Waals surface area contributed by atoms with Gasteiger partial charge in [-0.3, -0.25) is 4.79 Å². The fraction of sp³-hybridized carbons (Fsp3) is 0.464. The van der Waals surface area contributed by atoms with Crippen molar-refractivity contribution in [2.24, 2.45) is 0 Å². The number of alkyl carbamates (subject to hydrolysis) is 1. The third kappa shape index (κ3) is 3.27. The van der Waals surface area contributed by atoms with Crippen molar-refractivity contribution in [1.29, 1.82) is 0 Å². The van der Waals surface area contributed by atoms with Crippen molar-refractivity contribution in [2.45, 2.75) is 74.4 Å². The van der Waals surface area contributed by atoms with E-state index in [1.54, 1.807) is 4.90 Å². The van der Waals surface area contributed by atoms with Gasteiger partial charge >= 0.3 is 12.1 Å². The number of carbonyl (C=O) groups excluding carboxylic acids is 2. The van der Waals surface area contributed by atoms with Crippen molar-refractivity contribution >= 4 is 18.0 Å². The van der Waals surface area contributed by atoms with Crippen LogP contribution in [0.3, 0.4) is 0 Å². The maximum atomic E-state index is 13.9. The molecule has 2 bridgehead atoms. The Kier molecular flexibility index (Phi) is 5.13. The van der Waals surface area contributed by atoms with Crippen molar-refractivity contribution in [1.82, 2.24) is 10.2 Å². The number of amides is 2. The van der Waals surface area contributed by atoms with E-state index in [1.165, 1.54) is 0 Å². The van der Waals surface area contributed by atoms with Crippen LogP contribution in [0.4, 0.5) is 4.79 Å². The summed E-state index contributed by atoms with van der Waals surface area (Å²) >= 11 is 0. The molecule has 0 atom stereocenters. The monoisotopic (exact) mass is 474 g/mol. The van der Waals surface area contributed by atoms with E-state index in [2.05, 4.69) is 29.6 Å². The molecule has 4 aliphatic rings. The number of nitrogens with zero attached hydrogens (tertiary/aromatic N) is 1. The van der Waals surface area contributed by atoms with E-state index in [-0.39, 0.29) is 24.5 Å². The first-order valence-electron chi connectivity index (χ1n) is 12.7. The van der Waals surface area contributed by atoms with Crippen LogP contribution in [-0.4, -0.2) is 51.7 Å². The van der Waals surface area contributed by atoms with Gasteiger partial charge in [0, 0.05) is 12.0 Å². The summed E-state index contributed by atoms with van der Waals surface area (Å²) in [5, 5.41) is 12.9. The smallest absolute Gasteiger partial charge is 0.408 e. The molecule has 3 fully saturated rings. The SMILES string of the molecule is O=C(NC1(C(=O)N2C3CCC2(C(=O)O)CC3)CCCC1)OCC1c2ccccc2-c2ccccc21. The number of ether oxygens (including phenoxy) is 1. The number of hydrogen-bond donors (Lipinski definition) is 2. The standard InChI is InChI=1S/C28H30N2O5/c31-24(30-18-11-15-28(30,16-12-18)25(32)33)27(13-5-6-14-27)29-26(34)35-17-23-21-9-3-1-7-19(21)20-8-2-4-10-22(20)23/h1-4,7-10,18,23H,5-6,11-17H2,(H,29,34)(H,32,33). The van der Waals surface area contributed by atoms with Crippen LogP contribution in [0.5, 0.6) is 0 Å². The molecule has 0 aromatic heterocycles. The van der Waals surface area contributed by atoms with Gasteiger partial charge < -0.3 is 20.1 Å². The maximum absolute atomic E-state index is 13.9. The maximum Gasteiger partial charge on any atom is 0.408 e. The Balaban J connectivity index is 1.20. The lowest BCUT2D eigenvalue weighted by Gasteiger charge is -2.38. The van der Waals surface area contributed by atoms with E-state index in [9.17, 15) is 19.5 Å². The number of carboxylic acid groups (broad SMARTS) is 1. The predicted molar refractivity (Wildman–Crippen MR) is 129 cm³/mol. The fourth-order valence-electron chi connectivity index (χ4n) is 7.04. The molecule has 2 aliphatic carbocycles. The minimum atomic E-state index is -1.12. The van der Waals surface area contributed by atoms with Crippen LogP contribution in [-0.2, 0) is 14.3 Å². The Morgan fingerprint density at radius 1 is 0.914 bits per heavy atom. The Morgan fingerprint density at radius 3 is 2.06 bits per heavy atom. The molecule has 0 unspecified atom stereocenters. The molecule has 7 nitrogen and oxygen atoms in total. The van der Waals surface area contributed by atoms with Crippen molar-refractivity contribution in [3.63, 3.8) is 0 Å². The Bertz CT molecular complexity index is 1150. The van der Waals surface area contributed by atoms with Crippen LogP contribution in [0, 0.1) is 0 Å². The summed E-state index contributed by atoms with van der Waals surface area (Å²) in [5.74, 6) is -1.24. The molecule has 2 heterocycles. The van der Waals surface area contributed by atoms with E-state index in [0.29, 0.717) is 38.5 Å². The molecule has 0 radical (unpaired) electrons. The predicted octanol–water partition coefficient (Wildman–Crippen LogP) is 4.45. The highest BCUT2D eigenvalue weighted by Gasteiger charge is 2.62. The molecule has 2 N–H and O–H groups in total. The van der Waals surface area contributed by atoms with Crippen LogP contribution < -0.4 is 5.32 Å². The summed E-state index contributed by atoms with van der Waals surface area (Å²) in [5.41, 5.74) is 2.36. The third-order valence-corrected chi connectivity index (χ3v) is 8.78. The molecule has 7 heteroatoms. The highest BCUT2D eigenvalue weighted by atomic mass is 16.5. The molecule has 2 saturated heterocycles. The third-order valence-electron chi connectivity index (χ3n) is 8.78. The molecule has 1 saturated carbocycles. The number of nitrogens with one attached hydrogen (secondary N) is 1. The lowest BCUT2D eigenvalue weighted by Crippen LogP contribution is -2.63. The summed E-state index contributed by atoms with van der Waals surface area (Å²) in [6.45, 7) is 0.176. The van der Waals surface area contributed by atoms with Crippen LogP contribution in [0.25, 0.3) is 11.1 Å². The minimum Gasteiger partial charge on any atom is -0.479 e. The van der Waals surface area contributed by atoms with Gasteiger partial charge in [-0.25, -0.2) is 9.59 Å². The lowest BCUT2D eigenvalue weighted by atomic mass is 9.87. The highest BCUT2D eigenvalue weighted by molar-refractivity contribution is 5.96. The van der Waals surface area contributed by atoms with Gasteiger partial charge in [0.1, 0.15) is 17.7 Å². The van der Waals surface area contributed by atoms with Gasteiger partial charge in [0.05, 0.1) is 0 Å². The van der Waals surface area contributed by atoms with Crippen LogP contribution >= 0.6 is 0 Å². The molecular formula is C28H30N2O5. The molecular weight excluding hydrogens is 444 g/mol. The number of benzene rings is 2. The number of rotatable bonds is 5. The van der Waals surface area contributed by atoms with Gasteiger partial charge in [0.25, 0.3) is 0 Å². The molecule has 35 heavy (non-hydrogen) atoms. The fourth-order valence-corrected chi connectivity index (χ4v) is 7.04. The Hall–Kier alpha value is -3.35. The lowest BCUT2D eigenvalue weighted by molar-refractivity contribution is -0.158. The molecule has 2 aliphatic heterocycles. The molecule has 0 spiro atoms. The van der Waals surface area contributed by atoms with Gasteiger partial charge in [-0.05, 0) is 60.8 Å². The first-order chi connectivity index (χ1) is 17.0. The normalized spacial score (nSPS) is 25.8. The average molecular weight is 475 g/mol. The number of carbonyl (C=O) groups is 3. The van der Waals surface area contributed by atoms with E-state index in [1.807, 2.05) is 24.3 Å². The second kappa shape index (κ2) is 8.11. The van der Waals surface area contributed by atoms with E-state index < -0.39 is 23.1 Å². The van der Waals surface area contributed by atoms with Crippen LogP contribution in [0.2, 0.25) is 0 Å². The first kappa shape index (κ1) is 22.1. The zero-order valence-electron chi connectivity index (χ0n) is 19.7. The topological polar surface area (TPSA) is 95.9 Å². The summed E-state index contributed by atoms with van der Waals surface area (Å²) in [6, 6.07) is 16.3. The number of hydrogen-bond acceptors (Lipinski definition) is 4. The van der Waals surface area contributed by atoms with Crippen LogP contribution in [0.1, 0.15) is 68.4 Å².